The smallest absolute Gasteiger partial charge is 0.142 e. The normalized spacial score (nSPS) is 12.2. The second-order valence-electron chi connectivity index (χ2n) is 9.46. The summed E-state index contributed by atoms with van der Waals surface area (Å²) in [4.78, 5) is 0. The number of ether oxygens (including phenoxy) is 1. The van der Waals surface area contributed by atoms with E-state index >= 15 is 0 Å². The fourth-order valence-electron chi connectivity index (χ4n) is 3.92. The average molecular weight is 390 g/mol. The molecule has 2 nitrogen and oxygen atoms in total. The highest BCUT2D eigenvalue weighted by molar-refractivity contribution is 5.59. The fourth-order valence-corrected chi connectivity index (χ4v) is 3.92. The Bertz CT molecular complexity index is 537. The Hall–Kier alpha value is -1.18. The van der Waals surface area contributed by atoms with Crippen molar-refractivity contribution in [2.45, 2.75) is 123 Å². The lowest BCUT2D eigenvalue weighted by Crippen LogP contribution is -2.30. The monoisotopic (exact) mass is 389 g/mol. The molecule has 0 saturated heterocycles. The Labute approximate surface area is 175 Å². The van der Waals surface area contributed by atoms with Gasteiger partial charge in [0.15, 0.2) is 0 Å². The van der Waals surface area contributed by atoms with Crippen LogP contribution in [0, 0.1) is 0 Å². The van der Waals surface area contributed by atoms with Crippen LogP contribution in [0.2, 0.25) is 0 Å². The van der Waals surface area contributed by atoms with Crippen molar-refractivity contribution in [3.8, 4) is 5.75 Å². The van der Waals surface area contributed by atoms with Crippen LogP contribution in [0.3, 0.4) is 0 Å². The van der Waals surface area contributed by atoms with Crippen molar-refractivity contribution in [1.82, 2.24) is 0 Å². The third-order valence-corrected chi connectivity index (χ3v) is 6.42. The Morgan fingerprint density at radius 3 is 1.86 bits per heavy atom. The molecular formula is C26H47NO. The SMILES string of the molecule is CCCCCCC(C)(CCCCCC)c1ccc(NC(C)(C)CC)c(OC)c1. The molecule has 0 aliphatic carbocycles. The molecule has 0 aliphatic rings. The van der Waals surface area contributed by atoms with Gasteiger partial charge in [-0.05, 0) is 56.2 Å². The maximum absolute atomic E-state index is 5.80. The van der Waals surface area contributed by atoms with Gasteiger partial charge in [0.2, 0.25) is 0 Å². The van der Waals surface area contributed by atoms with Crippen LogP contribution in [0.4, 0.5) is 5.69 Å². The van der Waals surface area contributed by atoms with E-state index in [9.17, 15) is 0 Å². The molecule has 2 heteroatoms. The van der Waals surface area contributed by atoms with Crippen LogP contribution in [0.15, 0.2) is 18.2 Å². The largest absolute Gasteiger partial charge is 0.495 e. The lowest BCUT2D eigenvalue weighted by atomic mass is 9.74. The van der Waals surface area contributed by atoms with E-state index in [0.29, 0.717) is 0 Å². The number of rotatable bonds is 15. The number of nitrogens with one attached hydrogen (secondary N) is 1. The van der Waals surface area contributed by atoms with Crippen LogP contribution in [-0.2, 0) is 5.41 Å². The predicted octanol–water partition coefficient (Wildman–Crippen LogP) is 8.49. The van der Waals surface area contributed by atoms with E-state index in [-0.39, 0.29) is 11.0 Å². The maximum Gasteiger partial charge on any atom is 0.142 e. The third-order valence-electron chi connectivity index (χ3n) is 6.42. The van der Waals surface area contributed by atoms with Crippen molar-refractivity contribution >= 4 is 5.69 Å². The Morgan fingerprint density at radius 2 is 1.39 bits per heavy atom. The van der Waals surface area contributed by atoms with Gasteiger partial charge in [0.1, 0.15) is 5.75 Å². The van der Waals surface area contributed by atoms with Crippen LogP contribution in [-0.4, -0.2) is 12.6 Å². The van der Waals surface area contributed by atoms with Gasteiger partial charge in [-0.2, -0.15) is 0 Å². The fraction of sp³-hybridized carbons (Fsp3) is 0.769. The van der Waals surface area contributed by atoms with Gasteiger partial charge in [0, 0.05) is 5.54 Å². The Balaban J connectivity index is 3.02. The van der Waals surface area contributed by atoms with Crippen LogP contribution in [0.1, 0.15) is 118 Å². The van der Waals surface area contributed by atoms with E-state index in [2.05, 4.69) is 65.1 Å². The Morgan fingerprint density at radius 1 is 0.821 bits per heavy atom. The van der Waals surface area contributed by atoms with Crippen molar-refractivity contribution < 1.29 is 4.74 Å². The van der Waals surface area contributed by atoms with Crippen molar-refractivity contribution in [3.05, 3.63) is 23.8 Å². The van der Waals surface area contributed by atoms with Crippen molar-refractivity contribution in [2.75, 3.05) is 12.4 Å². The number of hydrogen-bond acceptors (Lipinski definition) is 2. The quantitative estimate of drug-likeness (QED) is 0.304. The highest BCUT2D eigenvalue weighted by Crippen LogP contribution is 2.39. The van der Waals surface area contributed by atoms with Gasteiger partial charge in [-0.25, -0.2) is 0 Å². The molecule has 0 radical (unpaired) electrons. The zero-order valence-corrected chi connectivity index (χ0v) is 19.9. The van der Waals surface area contributed by atoms with Crippen molar-refractivity contribution in [2.24, 2.45) is 0 Å². The van der Waals surface area contributed by atoms with Crippen LogP contribution >= 0.6 is 0 Å². The number of hydrogen-bond donors (Lipinski definition) is 1. The van der Waals surface area contributed by atoms with E-state index in [4.69, 9.17) is 4.74 Å². The summed E-state index contributed by atoms with van der Waals surface area (Å²) in [5.41, 5.74) is 2.86. The summed E-state index contributed by atoms with van der Waals surface area (Å²) in [7, 11) is 1.79. The van der Waals surface area contributed by atoms with Crippen LogP contribution in [0.5, 0.6) is 5.75 Å². The summed E-state index contributed by atoms with van der Waals surface area (Å²) < 4.78 is 5.80. The molecule has 28 heavy (non-hydrogen) atoms. The van der Waals surface area contributed by atoms with Gasteiger partial charge >= 0.3 is 0 Å². The summed E-state index contributed by atoms with van der Waals surface area (Å²) in [6.07, 6.45) is 14.3. The van der Waals surface area contributed by atoms with Crippen LogP contribution in [0.25, 0.3) is 0 Å². The summed E-state index contributed by atoms with van der Waals surface area (Å²) in [5, 5.41) is 3.66. The van der Waals surface area contributed by atoms with E-state index in [1.165, 1.54) is 69.8 Å². The van der Waals surface area contributed by atoms with E-state index < -0.39 is 0 Å². The van der Waals surface area contributed by atoms with E-state index in [1.807, 2.05) is 0 Å². The maximum atomic E-state index is 5.80. The van der Waals surface area contributed by atoms with Crippen molar-refractivity contribution in [1.29, 1.82) is 0 Å². The topological polar surface area (TPSA) is 21.3 Å². The molecule has 1 N–H and O–H groups in total. The molecule has 0 fully saturated rings. The standard InChI is InChI=1S/C26H47NO/c1-8-11-13-15-19-26(6,20-16-14-12-9-2)22-17-18-23(24(21-22)28-7)27-25(4,5)10-3/h17-18,21,27H,8-16,19-20H2,1-7H3. The zero-order valence-electron chi connectivity index (χ0n) is 19.9. The lowest BCUT2D eigenvalue weighted by Gasteiger charge is -2.32. The molecule has 0 heterocycles. The first kappa shape index (κ1) is 24.9. The first-order chi connectivity index (χ1) is 13.3. The van der Waals surface area contributed by atoms with Crippen molar-refractivity contribution in [3.63, 3.8) is 0 Å². The molecule has 0 amide bonds. The molecule has 1 aromatic rings. The summed E-state index contributed by atoms with van der Waals surface area (Å²) in [6.45, 7) is 13.8. The Kier molecular flexibility index (Phi) is 11.0. The zero-order chi connectivity index (χ0) is 21.0. The molecule has 0 spiro atoms. The molecule has 0 aromatic heterocycles. The lowest BCUT2D eigenvalue weighted by molar-refractivity contribution is 0.360. The highest BCUT2D eigenvalue weighted by atomic mass is 16.5. The van der Waals surface area contributed by atoms with E-state index in [1.54, 1.807) is 7.11 Å². The first-order valence-electron chi connectivity index (χ1n) is 11.8. The second kappa shape index (κ2) is 12.4. The number of unbranched alkanes of at least 4 members (excludes halogenated alkanes) is 6. The minimum Gasteiger partial charge on any atom is -0.495 e. The minimum atomic E-state index is 0.0679. The first-order valence-corrected chi connectivity index (χ1v) is 11.8. The van der Waals surface area contributed by atoms with Gasteiger partial charge in [-0.15, -0.1) is 0 Å². The molecule has 0 atom stereocenters. The van der Waals surface area contributed by atoms with Gasteiger partial charge in [0.25, 0.3) is 0 Å². The highest BCUT2D eigenvalue weighted by Gasteiger charge is 2.27. The molecule has 0 unspecified atom stereocenters. The molecule has 0 saturated carbocycles. The average Bonchev–Trinajstić information content (AvgIpc) is 2.68. The number of benzene rings is 1. The van der Waals surface area contributed by atoms with E-state index in [0.717, 1.165) is 17.9 Å². The predicted molar refractivity (Wildman–Crippen MR) is 126 cm³/mol. The molecule has 1 aromatic carbocycles. The molecule has 0 bridgehead atoms. The molecule has 162 valence electrons. The van der Waals surface area contributed by atoms with Gasteiger partial charge in [-0.1, -0.05) is 85.1 Å². The third kappa shape index (κ3) is 8.05. The summed E-state index contributed by atoms with van der Waals surface area (Å²) in [5.74, 6) is 0.979. The summed E-state index contributed by atoms with van der Waals surface area (Å²) in [6, 6.07) is 6.88. The molecule has 1 rings (SSSR count). The van der Waals surface area contributed by atoms with Gasteiger partial charge in [0.05, 0.1) is 12.8 Å². The minimum absolute atomic E-state index is 0.0679. The number of anilines is 1. The van der Waals surface area contributed by atoms with Crippen LogP contribution < -0.4 is 10.1 Å². The molecule has 0 aliphatic heterocycles. The summed E-state index contributed by atoms with van der Waals surface area (Å²) >= 11 is 0. The second-order valence-corrected chi connectivity index (χ2v) is 9.46. The molecular weight excluding hydrogens is 342 g/mol. The van der Waals surface area contributed by atoms with Gasteiger partial charge < -0.3 is 10.1 Å². The number of methoxy groups -OCH3 is 1. The van der Waals surface area contributed by atoms with Gasteiger partial charge in [-0.3, -0.25) is 0 Å².